The summed E-state index contributed by atoms with van der Waals surface area (Å²) in [6, 6.07) is 5.12. The number of hydrogen-bond donors (Lipinski definition) is 3. The van der Waals surface area contributed by atoms with Gasteiger partial charge in [-0.3, -0.25) is 4.72 Å². The number of nitrogens with two attached hydrogens (primary N) is 1. The molecule has 1 aromatic rings. The van der Waals surface area contributed by atoms with Crippen LogP contribution in [0.15, 0.2) is 29.2 Å². The quantitative estimate of drug-likeness (QED) is 0.697. The molecule has 1 aromatic carbocycles. The number of anilines is 1. The fourth-order valence-corrected chi connectivity index (χ4v) is 2.77. The Hall–Kier alpha value is -1.16. The lowest BCUT2D eigenvalue weighted by Crippen LogP contribution is -2.32. The normalized spacial score (nSPS) is 12.6. The Bertz CT molecular complexity index is 621. The Morgan fingerprint density at radius 1 is 1.11 bits per heavy atom. The van der Waals surface area contributed by atoms with E-state index in [0.717, 1.165) is 0 Å². The van der Waals surface area contributed by atoms with Gasteiger partial charge in [0.1, 0.15) is 0 Å². The molecule has 108 valence electrons. The van der Waals surface area contributed by atoms with Crippen LogP contribution in [0.4, 0.5) is 5.69 Å². The molecule has 4 N–H and O–H groups in total. The standard InChI is InChI=1S/C10H17N3O4S2/c1-8(2)7-12-19(16,17)13-9-3-5-10(6-4-9)18(11,14)15/h3-6,8,12-13H,7H2,1-2H3,(H2,11,14,15). The van der Waals surface area contributed by atoms with Crippen molar-refractivity contribution in [3.05, 3.63) is 24.3 Å². The smallest absolute Gasteiger partial charge is 0.271 e. The zero-order valence-corrected chi connectivity index (χ0v) is 12.3. The predicted molar refractivity (Wildman–Crippen MR) is 73.2 cm³/mol. The summed E-state index contributed by atoms with van der Waals surface area (Å²) in [7, 11) is -7.44. The van der Waals surface area contributed by atoms with Crippen LogP contribution in [0.5, 0.6) is 0 Å². The van der Waals surface area contributed by atoms with Gasteiger partial charge in [0.2, 0.25) is 10.0 Å². The fraction of sp³-hybridized carbons (Fsp3) is 0.400. The highest BCUT2D eigenvalue weighted by Crippen LogP contribution is 2.13. The van der Waals surface area contributed by atoms with Crippen LogP contribution < -0.4 is 14.6 Å². The molecule has 0 aliphatic carbocycles. The first-order valence-corrected chi connectivity index (χ1v) is 8.53. The lowest BCUT2D eigenvalue weighted by molar-refractivity contribution is 0.565. The highest BCUT2D eigenvalue weighted by atomic mass is 32.2. The Morgan fingerprint density at radius 3 is 2.05 bits per heavy atom. The largest absolute Gasteiger partial charge is 0.299 e. The van der Waals surface area contributed by atoms with Gasteiger partial charge < -0.3 is 0 Å². The van der Waals surface area contributed by atoms with E-state index in [9.17, 15) is 16.8 Å². The molecule has 0 unspecified atom stereocenters. The van der Waals surface area contributed by atoms with Gasteiger partial charge >= 0.3 is 0 Å². The van der Waals surface area contributed by atoms with Gasteiger partial charge in [-0.2, -0.15) is 13.1 Å². The van der Waals surface area contributed by atoms with E-state index in [-0.39, 0.29) is 16.5 Å². The Kier molecular flexibility index (Phi) is 4.91. The molecule has 0 spiro atoms. The molecule has 0 heterocycles. The van der Waals surface area contributed by atoms with E-state index in [1.807, 2.05) is 13.8 Å². The average molecular weight is 307 g/mol. The maximum atomic E-state index is 11.6. The van der Waals surface area contributed by atoms with E-state index in [2.05, 4.69) is 9.44 Å². The van der Waals surface area contributed by atoms with E-state index in [1.54, 1.807) is 0 Å². The number of nitrogens with one attached hydrogen (secondary N) is 2. The van der Waals surface area contributed by atoms with Crippen LogP contribution in [-0.4, -0.2) is 23.4 Å². The average Bonchev–Trinajstić information content (AvgIpc) is 2.25. The summed E-state index contributed by atoms with van der Waals surface area (Å²) in [5.41, 5.74) is 0.253. The zero-order chi connectivity index (χ0) is 14.7. The van der Waals surface area contributed by atoms with Crippen molar-refractivity contribution < 1.29 is 16.8 Å². The van der Waals surface area contributed by atoms with Crippen LogP contribution in [0, 0.1) is 5.92 Å². The summed E-state index contributed by atoms with van der Waals surface area (Å²) in [6.45, 7) is 4.07. The molecule has 0 aromatic heterocycles. The second-order valence-corrected chi connectivity index (χ2v) is 7.48. The van der Waals surface area contributed by atoms with Gasteiger partial charge in [0.05, 0.1) is 4.90 Å². The molecule has 0 fully saturated rings. The second kappa shape index (κ2) is 5.87. The lowest BCUT2D eigenvalue weighted by atomic mass is 10.2. The highest BCUT2D eigenvalue weighted by molar-refractivity contribution is 7.90. The lowest BCUT2D eigenvalue weighted by Gasteiger charge is -2.11. The van der Waals surface area contributed by atoms with Crippen LogP contribution in [0.2, 0.25) is 0 Å². The number of hydrogen-bond acceptors (Lipinski definition) is 4. The van der Waals surface area contributed by atoms with E-state index in [0.29, 0.717) is 6.54 Å². The SMILES string of the molecule is CC(C)CNS(=O)(=O)Nc1ccc(S(N)(=O)=O)cc1. The number of rotatable bonds is 6. The first-order chi connectivity index (χ1) is 8.60. The summed E-state index contributed by atoms with van der Waals surface area (Å²) in [4.78, 5) is -0.0782. The molecule has 0 aliphatic heterocycles. The minimum absolute atomic E-state index is 0.0782. The molecule has 0 amide bonds. The van der Waals surface area contributed by atoms with Gasteiger partial charge in [-0.05, 0) is 30.2 Å². The van der Waals surface area contributed by atoms with Crippen molar-refractivity contribution in [3.8, 4) is 0 Å². The summed E-state index contributed by atoms with van der Waals surface area (Å²) in [5.74, 6) is 0.182. The summed E-state index contributed by atoms with van der Waals surface area (Å²) >= 11 is 0. The van der Waals surface area contributed by atoms with Crippen LogP contribution in [0.1, 0.15) is 13.8 Å². The van der Waals surface area contributed by atoms with E-state index >= 15 is 0 Å². The Morgan fingerprint density at radius 2 is 1.63 bits per heavy atom. The van der Waals surface area contributed by atoms with Gasteiger partial charge in [-0.15, -0.1) is 0 Å². The molecule has 0 atom stereocenters. The van der Waals surface area contributed by atoms with Crippen LogP contribution in [-0.2, 0) is 20.2 Å². The molecular formula is C10H17N3O4S2. The number of primary sulfonamides is 1. The Labute approximate surface area is 113 Å². The third-order valence-corrected chi connectivity index (χ3v) is 4.10. The maximum absolute atomic E-state index is 11.6. The fourth-order valence-electron chi connectivity index (χ4n) is 1.18. The van der Waals surface area contributed by atoms with E-state index < -0.39 is 20.2 Å². The minimum Gasteiger partial charge on any atom is -0.271 e. The molecule has 1 rings (SSSR count). The van der Waals surface area contributed by atoms with Crippen molar-refractivity contribution >= 4 is 25.9 Å². The molecule has 9 heteroatoms. The first-order valence-electron chi connectivity index (χ1n) is 5.50. The highest BCUT2D eigenvalue weighted by Gasteiger charge is 2.11. The predicted octanol–water partition coefficient (Wildman–Crippen LogP) is 0.236. The van der Waals surface area contributed by atoms with Crippen molar-refractivity contribution in [1.82, 2.24) is 4.72 Å². The topological polar surface area (TPSA) is 118 Å². The molecule has 0 saturated heterocycles. The van der Waals surface area contributed by atoms with Gasteiger partial charge in [-0.1, -0.05) is 13.8 Å². The van der Waals surface area contributed by atoms with Crippen molar-refractivity contribution in [2.75, 3.05) is 11.3 Å². The first kappa shape index (κ1) is 15.9. The molecule has 0 bridgehead atoms. The molecule has 19 heavy (non-hydrogen) atoms. The molecule has 0 saturated carbocycles. The summed E-state index contributed by atoms with van der Waals surface area (Å²) < 4.78 is 50.0. The van der Waals surface area contributed by atoms with Crippen LogP contribution in [0.25, 0.3) is 0 Å². The minimum atomic E-state index is -3.78. The molecule has 7 nitrogen and oxygen atoms in total. The Balaban J connectivity index is 2.78. The van der Waals surface area contributed by atoms with Crippen molar-refractivity contribution in [3.63, 3.8) is 0 Å². The van der Waals surface area contributed by atoms with Crippen LogP contribution >= 0.6 is 0 Å². The zero-order valence-electron chi connectivity index (χ0n) is 10.6. The van der Waals surface area contributed by atoms with E-state index in [1.165, 1.54) is 24.3 Å². The molecule has 0 aliphatic rings. The number of sulfonamides is 1. The summed E-state index contributed by atoms with van der Waals surface area (Å²) in [5, 5.41) is 4.94. The molecule has 0 radical (unpaired) electrons. The third-order valence-electron chi connectivity index (χ3n) is 2.12. The molecular weight excluding hydrogens is 290 g/mol. The van der Waals surface area contributed by atoms with Crippen molar-refractivity contribution in [1.29, 1.82) is 0 Å². The van der Waals surface area contributed by atoms with Gasteiger partial charge in [0.15, 0.2) is 0 Å². The third kappa shape index (κ3) is 5.55. The second-order valence-electron chi connectivity index (χ2n) is 4.42. The van der Waals surface area contributed by atoms with Gasteiger partial charge in [0.25, 0.3) is 10.2 Å². The van der Waals surface area contributed by atoms with E-state index in [4.69, 9.17) is 5.14 Å². The van der Waals surface area contributed by atoms with Gasteiger partial charge in [0, 0.05) is 12.2 Å². The van der Waals surface area contributed by atoms with Gasteiger partial charge in [-0.25, -0.2) is 13.6 Å². The maximum Gasteiger partial charge on any atom is 0.299 e. The monoisotopic (exact) mass is 307 g/mol. The van der Waals surface area contributed by atoms with Crippen LogP contribution in [0.3, 0.4) is 0 Å². The van der Waals surface area contributed by atoms with Crippen molar-refractivity contribution in [2.24, 2.45) is 11.1 Å². The summed E-state index contributed by atoms with van der Waals surface area (Å²) in [6.07, 6.45) is 0. The van der Waals surface area contributed by atoms with Crippen molar-refractivity contribution in [2.45, 2.75) is 18.7 Å². The number of benzene rings is 1.